The molecule has 0 aliphatic carbocycles. The van der Waals surface area contributed by atoms with Crippen molar-refractivity contribution in [1.82, 2.24) is 15.0 Å². The largest absolute Gasteiger partial charge is 0.355 e. The first-order valence-corrected chi connectivity index (χ1v) is 5.55. The molecular formula is C10H21N5O2. The van der Waals surface area contributed by atoms with Crippen molar-refractivity contribution in [1.29, 1.82) is 0 Å². The third-order valence-electron chi connectivity index (χ3n) is 2.61. The van der Waals surface area contributed by atoms with E-state index in [0.29, 0.717) is 0 Å². The van der Waals surface area contributed by atoms with Crippen LogP contribution in [0.3, 0.4) is 0 Å². The lowest BCUT2D eigenvalue weighted by molar-refractivity contribution is -0.0211. The van der Waals surface area contributed by atoms with Crippen molar-refractivity contribution in [3.63, 3.8) is 0 Å². The topological polar surface area (TPSA) is 95.9 Å². The molecule has 17 heavy (non-hydrogen) atoms. The Bertz CT molecular complexity index is 336. The molecule has 0 saturated carbocycles. The molecule has 0 aromatic rings. The zero-order chi connectivity index (χ0) is 13.5. The number of hydrogen-bond acceptors (Lipinski definition) is 3. The summed E-state index contributed by atoms with van der Waals surface area (Å²) in [7, 11) is 0. The SMILES string of the molecule is CC(C)C1N(N)C(=O)N(C(C)(C)C)N1C(N)=O. The Kier molecular flexibility index (Phi) is 3.24. The van der Waals surface area contributed by atoms with Crippen LogP contribution in [0.2, 0.25) is 0 Å². The average Bonchev–Trinajstić information content (AvgIpc) is 2.38. The molecule has 0 aromatic heterocycles. The van der Waals surface area contributed by atoms with Gasteiger partial charge in [-0.15, -0.1) is 0 Å². The summed E-state index contributed by atoms with van der Waals surface area (Å²) >= 11 is 0. The maximum absolute atomic E-state index is 12.1. The van der Waals surface area contributed by atoms with E-state index in [2.05, 4.69) is 0 Å². The van der Waals surface area contributed by atoms with E-state index in [1.807, 2.05) is 34.6 Å². The minimum atomic E-state index is -0.681. The Morgan fingerprint density at radius 1 is 1.35 bits per heavy atom. The molecule has 1 saturated heterocycles. The van der Waals surface area contributed by atoms with Crippen LogP contribution >= 0.6 is 0 Å². The molecule has 0 spiro atoms. The maximum Gasteiger partial charge on any atom is 0.355 e. The summed E-state index contributed by atoms with van der Waals surface area (Å²) in [6, 6.07) is -1.10. The van der Waals surface area contributed by atoms with Crippen molar-refractivity contribution in [3.8, 4) is 0 Å². The number of nitrogens with zero attached hydrogens (tertiary/aromatic N) is 3. The number of amides is 4. The van der Waals surface area contributed by atoms with Crippen molar-refractivity contribution < 1.29 is 9.59 Å². The Balaban J connectivity index is 3.22. The molecule has 0 aromatic carbocycles. The first-order chi connectivity index (χ1) is 7.59. The van der Waals surface area contributed by atoms with Crippen molar-refractivity contribution in [2.24, 2.45) is 17.5 Å². The van der Waals surface area contributed by atoms with Gasteiger partial charge in [-0.3, -0.25) is 0 Å². The van der Waals surface area contributed by atoms with Crippen LogP contribution in [-0.2, 0) is 0 Å². The van der Waals surface area contributed by atoms with Crippen LogP contribution in [0.4, 0.5) is 9.59 Å². The molecule has 4 N–H and O–H groups in total. The standard InChI is InChI=1S/C10H21N5O2/c1-6(2)7-13(12)9(17)15(10(3,4)5)14(7)8(11)16/h6-7H,12H2,1-5H3,(H2,11,16). The fourth-order valence-electron chi connectivity index (χ4n) is 1.99. The highest BCUT2D eigenvalue weighted by Crippen LogP contribution is 2.30. The second-order valence-corrected chi connectivity index (χ2v) is 5.51. The lowest BCUT2D eigenvalue weighted by atomic mass is 10.1. The Morgan fingerprint density at radius 2 is 1.82 bits per heavy atom. The van der Waals surface area contributed by atoms with E-state index in [9.17, 15) is 9.59 Å². The number of urea groups is 2. The smallest absolute Gasteiger partial charge is 0.350 e. The van der Waals surface area contributed by atoms with Crippen LogP contribution in [0, 0.1) is 5.92 Å². The van der Waals surface area contributed by atoms with E-state index in [0.717, 1.165) is 5.01 Å². The van der Waals surface area contributed by atoms with E-state index in [-0.39, 0.29) is 5.92 Å². The summed E-state index contributed by atoms with van der Waals surface area (Å²) < 4.78 is 0. The van der Waals surface area contributed by atoms with Gasteiger partial charge in [0.05, 0.1) is 5.54 Å². The van der Waals surface area contributed by atoms with Gasteiger partial charge in [0.1, 0.15) is 6.17 Å². The third kappa shape index (κ3) is 2.14. The minimum Gasteiger partial charge on any atom is -0.350 e. The number of rotatable bonds is 1. The third-order valence-corrected chi connectivity index (χ3v) is 2.61. The van der Waals surface area contributed by atoms with Crippen LogP contribution in [0.1, 0.15) is 34.6 Å². The van der Waals surface area contributed by atoms with Crippen LogP contribution < -0.4 is 11.6 Å². The normalized spacial score (nSPS) is 21.7. The van der Waals surface area contributed by atoms with Gasteiger partial charge in [-0.25, -0.2) is 30.5 Å². The summed E-state index contributed by atoms with van der Waals surface area (Å²) in [6.07, 6.45) is -0.542. The highest BCUT2D eigenvalue weighted by atomic mass is 16.2. The van der Waals surface area contributed by atoms with E-state index >= 15 is 0 Å². The van der Waals surface area contributed by atoms with Crippen molar-refractivity contribution >= 4 is 12.1 Å². The monoisotopic (exact) mass is 243 g/mol. The first kappa shape index (κ1) is 13.6. The fraction of sp³-hybridized carbons (Fsp3) is 0.800. The van der Waals surface area contributed by atoms with Gasteiger partial charge < -0.3 is 5.73 Å². The van der Waals surface area contributed by atoms with Gasteiger partial charge in [-0.2, -0.15) is 0 Å². The Hall–Kier alpha value is -1.50. The van der Waals surface area contributed by atoms with E-state index in [1.165, 1.54) is 10.0 Å². The van der Waals surface area contributed by atoms with E-state index < -0.39 is 23.8 Å². The summed E-state index contributed by atoms with van der Waals surface area (Å²) in [5.41, 5.74) is 4.79. The average molecular weight is 243 g/mol. The predicted molar refractivity (Wildman–Crippen MR) is 63.1 cm³/mol. The number of carbonyl (C=O) groups is 2. The molecule has 7 nitrogen and oxygen atoms in total. The number of nitrogens with two attached hydrogens (primary N) is 2. The zero-order valence-electron chi connectivity index (χ0n) is 11.0. The van der Waals surface area contributed by atoms with Gasteiger partial charge in [0.2, 0.25) is 0 Å². The second kappa shape index (κ2) is 4.06. The quantitative estimate of drug-likeness (QED) is 0.523. The highest BCUT2D eigenvalue weighted by molar-refractivity contribution is 5.83. The van der Waals surface area contributed by atoms with Crippen molar-refractivity contribution in [2.45, 2.75) is 46.3 Å². The second-order valence-electron chi connectivity index (χ2n) is 5.51. The van der Waals surface area contributed by atoms with Crippen LogP contribution in [0.25, 0.3) is 0 Å². The summed E-state index contributed by atoms with van der Waals surface area (Å²) in [6.45, 7) is 9.20. The van der Waals surface area contributed by atoms with Gasteiger partial charge in [-0.05, 0) is 26.7 Å². The molecule has 1 atom stereocenters. The molecule has 1 unspecified atom stereocenters. The molecule has 98 valence electrons. The predicted octanol–water partition coefficient (Wildman–Crippen LogP) is 0.674. The molecule has 1 aliphatic heterocycles. The molecule has 0 radical (unpaired) electrons. The van der Waals surface area contributed by atoms with Gasteiger partial charge in [0, 0.05) is 0 Å². The highest BCUT2D eigenvalue weighted by Gasteiger charge is 2.50. The number of primary amides is 1. The fourth-order valence-corrected chi connectivity index (χ4v) is 1.99. The van der Waals surface area contributed by atoms with Crippen LogP contribution in [-0.4, -0.2) is 38.8 Å². The number of hydrogen-bond donors (Lipinski definition) is 2. The molecule has 7 heteroatoms. The lowest BCUT2D eigenvalue weighted by Gasteiger charge is -2.38. The lowest BCUT2D eigenvalue weighted by Crippen LogP contribution is -2.57. The maximum atomic E-state index is 12.1. The Labute approximate surface area is 101 Å². The van der Waals surface area contributed by atoms with E-state index in [1.54, 1.807) is 0 Å². The summed E-state index contributed by atoms with van der Waals surface area (Å²) in [4.78, 5) is 23.6. The molecule has 0 bridgehead atoms. The number of hydrazine groups is 2. The van der Waals surface area contributed by atoms with Crippen molar-refractivity contribution in [3.05, 3.63) is 0 Å². The Morgan fingerprint density at radius 3 is 2.12 bits per heavy atom. The van der Waals surface area contributed by atoms with Gasteiger partial charge in [0.15, 0.2) is 0 Å². The minimum absolute atomic E-state index is 0.0104. The van der Waals surface area contributed by atoms with Gasteiger partial charge in [-0.1, -0.05) is 13.8 Å². The molecule has 4 amide bonds. The molecule has 1 fully saturated rings. The van der Waals surface area contributed by atoms with Gasteiger partial charge in [0.25, 0.3) is 0 Å². The van der Waals surface area contributed by atoms with Crippen molar-refractivity contribution in [2.75, 3.05) is 0 Å². The first-order valence-electron chi connectivity index (χ1n) is 5.55. The molecule has 1 heterocycles. The number of carbonyl (C=O) groups excluding carboxylic acids is 2. The molecule has 1 aliphatic rings. The van der Waals surface area contributed by atoms with Crippen LogP contribution in [0.5, 0.6) is 0 Å². The zero-order valence-corrected chi connectivity index (χ0v) is 11.0. The molecular weight excluding hydrogens is 222 g/mol. The molecule has 1 rings (SSSR count). The van der Waals surface area contributed by atoms with Gasteiger partial charge >= 0.3 is 12.1 Å². The summed E-state index contributed by atoms with van der Waals surface area (Å²) in [5, 5.41) is 3.59. The summed E-state index contributed by atoms with van der Waals surface area (Å²) in [5.74, 6) is 5.72. The van der Waals surface area contributed by atoms with E-state index in [4.69, 9.17) is 11.6 Å². The van der Waals surface area contributed by atoms with Crippen LogP contribution in [0.15, 0.2) is 0 Å².